The SMILES string of the molecule is CSc1ccc([N+](=O)[O-])c(C(=O)NCc2ccccc2F)c1. The van der Waals surface area contributed by atoms with Gasteiger partial charge in [0.25, 0.3) is 11.6 Å². The summed E-state index contributed by atoms with van der Waals surface area (Å²) in [7, 11) is 0. The Morgan fingerprint density at radius 2 is 2.05 bits per heavy atom. The number of nitrogens with one attached hydrogen (secondary N) is 1. The quantitative estimate of drug-likeness (QED) is 0.521. The topological polar surface area (TPSA) is 72.2 Å². The van der Waals surface area contributed by atoms with E-state index in [0.29, 0.717) is 5.56 Å². The van der Waals surface area contributed by atoms with Crippen LogP contribution in [0.1, 0.15) is 15.9 Å². The Morgan fingerprint density at radius 3 is 2.68 bits per heavy atom. The molecule has 0 atom stereocenters. The van der Waals surface area contributed by atoms with Crippen molar-refractivity contribution in [2.75, 3.05) is 6.26 Å². The average molecular weight is 320 g/mol. The summed E-state index contributed by atoms with van der Waals surface area (Å²) in [6.45, 7) is -0.0356. The molecule has 2 rings (SSSR count). The molecule has 5 nitrogen and oxygen atoms in total. The summed E-state index contributed by atoms with van der Waals surface area (Å²) in [5.74, 6) is -1.04. The Bertz CT molecular complexity index is 722. The molecule has 0 spiro atoms. The zero-order valence-electron chi connectivity index (χ0n) is 11.7. The molecule has 0 saturated heterocycles. The maximum atomic E-state index is 13.5. The van der Waals surface area contributed by atoms with Crippen LogP contribution < -0.4 is 5.32 Å². The van der Waals surface area contributed by atoms with E-state index in [0.717, 1.165) is 4.90 Å². The molecule has 0 heterocycles. The number of nitrogens with zero attached hydrogens (tertiary/aromatic N) is 1. The molecule has 114 valence electrons. The summed E-state index contributed by atoms with van der Waals surface area (Å²) >= 11 is 1.38. The van der Waals surface area contributed by atoms with Gasteiger partial charge in [0.05, 0.1) is 4.92 Å². The van der Waals surface area contributed by atoms with E-state index in [9.17, 15) is 19.3 Å². The van der Waals surface area contributed by atoms with Crippen LogP contribution in [0.3, 0.4) is 0 Å². The number of halogens is 1. The number of hydrogen-bond acceptors (Lipinski definition) is 4. The van der Waals surface area contributed by atoms with Gasteiger partial charge in [0.2, 0.25) is 0 Å². The number of carbonyl (C=O) groups is 1. The maximum absolute atomic E-state index is 13.5. The fourth-order valence-corrected chi connectivity index (χ4v) is 2.34. The summed E-state index contributed by atoms with van der Waals surface area (Å²) in [6, 6.07) is 10.4. The lowest BCUT2D eigenvalue weighted by Gasteiger charge is -2.08. The normalized spacial score (nSPS) is 10.3. The van der Waals surface area contributed by atoms with Crippen molar-refractivity contribution in [3.63, 3.8) is 0 Å². The van der Waals surface area contributed by atoms with Crippen molar-refractivity contribution in [2.24, 2.45) is 0 Å². The van der Waals surface area contributed by atoms with Crippen LogP contribution in [0.4, 0.5) is 10.1 Å². The van der Waals surface area contributed by atoms with Crippen LogP contribution in [0.5, 0.6) is 0 Å². The third kappa shape index (κ3) is 3.62. The van der Waals surface area contributed by atoms with Gasteiger partial charge in [-0.05, 0) is 24.5 Å². The first-order valence-corrected chi connectivity index (χ1v) is 7.59. The highest BCUT2D eigenvalue weighted by atomic mass is 32.2. The Hall–Kier alpha value is -2.41. The van der Waals surface area contributed by atoms with Crippen LogP contribution in [-0.2, 0) is 6.54 Å². The summed E-state index contributed by atoms with van der Waals surface area (Å²) in [6.07, 6.45) is 1.81. The fourth-order valence-electron chi connectivity index (χ4n) is 1.90. The third-order valence-corrected chi connectivity index (χ3v) is 3.77. The Balaban J connectivity index is 2.22. The average Bonchev–Trinajstić information content (AvgIpc) is 2.53. The van der Waals surface area contributed by atoms with Gasteiger partial charge in [-0.25, -0.2) is 4.39 Å². The molecule has 0 fully saturated rings. The number of thioether (sulfide) groups is 1. The lowest BCUT2D eigenvalue weighted by atomic mass is 10.1. The minimum absolute atomic E-state index is 0.0341. The Labute approximate surface area is 130 Å². The molecule has 0 aromatic heterocycles. The molecule has 1 N–H and O–H groups in total. The van der Waals surface area contributed by atoms with Crippen molar-refractivity contribution >= 4 is 23.4 Å². The van der Waals surface area contributed by atoms with Crippen molar-refractivity contribution < 1.29 is 14.1 Å². The smallest absolute Gasteiger partial charge is 0.282 e. The van der Waals surface area contributed by atoms with Crippen LogP contribution in [0, 0.1) is 15.9 Å². The molecule has 2 aromatic rings. The molecule has 0 radical (unpaired) electrons. The first-order chi connectivity index (χ1) is 10.5. The van der Waals surface area contributed by atoms with Crippen molar-refractivity contribution in [1.82, 2.24) is 5.32 Å². The van der Waals surface area contributed by atoms with Crippen molar-refractivity contribution in [1.29, 1.82) is 0 Å². The molecule has 0 unspecified atom stereocenters. The largest absolute Gasteiger partial charge is 0.348 e. The highest BCUT2D eigenvalue weighted by Gasteiger charge is 2.20. The van der Waals surface area contributed by atoms with Crippen molar-refractivity contribution in [3.8, 4) is 0 Å². The molecule has 0 aliphatic heterocycles. The number of hydrogen-bond donors (Lipinski definition) is 1. The zero-order valence-corrected chi connectivity index (χ0v) is 12.5. The number of nitro groups is 1. The molecule has 1 amide bonds. The van der Waals surface area contributed by atoms with Gasteiger partial charge in [-0.15, -0.1) is 11.8 Å². The van der Waals surface area contributed by atoms with E-state index in [1.165, 1.54) is 30.0 Å². The van der Waals surface area contributed by atoms with Crippen LogP contribution >= 0.6 is 11.8 Å². The van der Waals surface area contributed by atoms with Gasteiger partial charge in [0.1, 0.15) is 11.4 Å². The molecule has 0 aliphatic rings. The molecular weight excluding hydrogens is 307 g/mol. The number of benzene rings is 2. The summed E-state index contributed by atoms with van der Waals surface area (Å²) < 4.78 is 13.5. The second kappa shape index (κ2) is 7.04. The van der Waals surface area contributed by atoms with Gasteiger partial charge in [-0.3, -0.25) is 14.9 Å². The van der Waals surface area contributed by atoms with E-state index in [2.05, 4.69) is 5.32 Å². The molecule has 2 aromatic carbocycles. The number of amides is 1. The standard InChI is InChI=1S/C15H13FN2O3S/c1-22-11-6-7-14(18(20)21)12(8-11)15(19)17-9-10-4-2-3-5-13(10)16/h2-8H,9H2,1H3,(H,17,19). The van der Waals surface area contributed by atoms with E-state index in [-0.39, 0.29) is 17.8 Å². The second-order valence-corrected chi connectivity index (χ2v) is 5.29. The molecule has 0 bridgehead atoms. The van der Waals surface area contributed by atoms with E-state index in [1.54, 1.807) is 24.3 Å². The fraction of sp³-hybridized carbons (Fsp3) is 0.133. The van der Waals surface area contributed by atoms with Crippen LogP contribution in [0.15, 0.2) is 47.4 Å². The summed E-state index contributed by atoms with van der Waals surface area (Å²) in [4.78, 5) is 23.3. The zero-order chi connectivity index (χ0) is 16.1. The van der Waals surface area contributed by atoms with E-state index >= 15 is 0 Å². The number of rotatable bonds is 5. The highest BCUT2D eigenvalue weighted by molar-refractivity contribution is 7.98. The van der Waals surface area contributed by atoms with E-state index in [4.69, 9.17) is 0 Å². The van der Waals surface area contributed by atoms with Crippen molar-refractivity contribution in [2.45, 2.75) is 11.4 Å². The van der Waals surface area contributed by atoms with Crippen LogP contribution in [-0.4, -0.2) is 17.1 Å². The molecule has 0 aliphatic carbocycles. The van der Waals surface area contributed by atoms with Gasteiger partial charge >= 0.3 is 0 Å². The monoisotopic (exact) mass is 320 g/mol. The Morgan fingerprint density at radius 1 is 1.32 bits per heavy atom. The van der Waals surface area contributed by atoms with E-state index < -0.39 is 16.6 Å². The first-order valence-electron chi connectivity index (χ1n) is 6.37. The van der Waals surface area contributed by atoms with Crippen LogP contribution in [0.25, 0.3) is 0 Å². The highest BCUT2D eigenvalue weighted by Crippen LogP contribution is 2.24. The van der Waals surface area contributed by atoms with Gasteiger partial charge < -0.3 is 5.32 Å². The predicted molar refractivity (Wildman–Crippen MR) is 82.4 cm³/mol. The molecule has 7 heteroatoms. The minimum atomic E-state index is -0.609. The maximum Gasteiger partial charge on any atom is 0.282 e. The lowest BCUT2D eigenvalue weighted by Crippen LogP contribution is -2.24. The predicted octanol–water partition coefficient (Wildman–Crippen LogP) is 3.39. The van der Waals surface area contributed by atoms with E-state index in [1.807, 2.05) is 6.26 Å². The lowest BCUT2D eigenvalue weighted by molar-refractivity contribution is -0.385. The first kappa shape index (κ1) is 16.0. The van der Waals surface area contributed by atoms with Gasteiger partial charge in [0.15, 0.2) is 0 Å². The van der Waals surface area contributed by atoms with Gasteiger partial charge in [-0.1, -0.05) is 18.2 Å². The number of nitro benzene ring substituents is 1. The number of carbonyl (C=O) groups excluding carboxylic acids is 1. The minimum Gasteiger partial charge on any atom is -0.348 e. The molecule has 22 heavy (non-hydrogen) atoms. The Kier molecular flexibility index (Phi) is 5.11. The van der Waals surface area contributed by atoms with Gasteiger partial charge in [-0.2, -0.15) is 0 Å². The third-order valence-electron chi connectivity index (χ3n) is 3.04. The summed E-state index contributed by atoms with van der Waals surface area (Å²) in [5, 5.41) is 13.5. The summed E-state index contributed by atoms with van der Waals surface area (Å²) in [5.41, 5.74) is 0.0107. The molecular formula is C15H13FN2O3S. The molecule has 0 saturated carbocycles. The van der Waals surface area contributed by atoms with Gasteiger partial charge in [0, 0.05) is 23.1 Å². The second-order valence-electron chi connectivity index (χ2n) is 4.41. The van der Waals surface area contributed by atoms with Crippen molar-refractivity contribution in [3.05, 3.63) is 69.5 Å². The van der Waals surface area contributed by atoms with Crippen LogP contribution in [0.2, 0.25) is 0 Å².